The lowest BCUT2D eigenvalue weighted by Crippen LogP contribution is -2.03. The molecule has 5 nitrogen and oxygen atoms in total. The van der Waals surface area contributed by atoms with Crippen LogP contribution in [0, 0.1) is 0 Å². The van der Waals surface area contributed by atoms with Gasteiger partial charge in [-0.25, -0.2) is 4.79 Å². The van der Waals surface area contributed by atoms with Crippen molar-refractivity contribution < 1.29 is 19.5 Å². The number of aromatic carboxylic acids is 1. The lowest BCUT2D eigenvalue weighted by atomic mass is 10.0. The monoisotopic (exact) mass is 245 g/mol. The van der Waals surface area contributed by atoms with Crippen LogP contribution in [-0.4, -0.2) is 21.3 Å². The Bertz CT molecular complexity index is 596. The molecule has 0 aliphatic heterocycles. The van der Waals surface area contributed by atoms with Crippen molar-refractivity contribution in [2.45, 2.75) is 18.4 Å². The minimum atomic E-state index is -1.14. The third-order valence-corrected chi connectivity index (χ3v) is 3.16. The fourth-order valence-electron chi connectivity index (χ4n) is 1.87. The highest BCUT2D eigenvalue weighted by Gasteiger charge is 2.41. The first-order valence-corrected chi connectivity index (χ1v) is 5.62. The number of benzene rings is 1. The SMILES string of the molecule is O=C(O)c1cc(-c2ccc(C3(O)CC3)cc2)no1. The molecule has 18 heavy (non-hydrogen) atoms. The summed E-state index contributed by atoms with van der Waals surface area (Å²) in [7, 11) is 0. The molecule has 2 aromatic rings. The minimum absolute atomic E-state index is 0.185. The summed E-state index contributed by atoms with van der Waals surface area (Å²) in [6.45, 7) is 0. The van der Waals surface area contributed by atoms with Crippen LogP contribution in [0.3, 0.4) is 0 Å². The molecule has 1 aliphatic carbocycles. The van der Waals surface area contributed by atoms with Crippen molar-refractivity contribution in [2.75, 3.05) is 0 Å². The molecule has 0 saturated heterocycles. The smallest absolute Gasteiger partial charge is 0.374 e. The lowest BCUT2D eigenvalue weighted by Gasteiger charge is -2.07. The van der Waals surface area contributed by atoms with Gasteiger partial charge in [-0.3, -0.25) is 0 Å². The number of aromatic nitrogens is 1. The Morgan fingerprint density at radius 2 is 1.94 bits per heavy atom. The molecule has 0 amide bonds. The van der Waals surface area contributed by atoms with Gasteiger partial charge in [-0.1, -0.05) is 29.4 Å². The Kier molecular flexibility index (Phi) is 2.24. The topological polar surface area (TPSA) is 83.6 Å². The average molecular weight is 245 g/mol. The van der Waals surface area contributed by atoms with Gasteiger partial charge in [-0.15, -0.1) is 0 Å². The van der Waals surface area contributed by atoms with Crippen LogP contribution >= 0.6 is 0 Å². The van der Waals surface area contributed by atoms with E-state index in [9.17, 15) is 9.90 Å². The lowest BCUT2D eigenvalue weighted by molar-refractivity contribution is 0.0652. The van der Waals surface area contributed by atoms with Gasteiger partial charge in [0, 0.05) is 11.6 Å². The van der Waals surface area contributed by atoms with Crippen LogP contribution in [0.2, 0.25) is 0 Å². The summed E-state index contributed by atoms with van der Waals surface area (Å²) in [6.07, 6.45) is 1.58. The third-order valence-electron chi connectivity index (χ3n) is 3.16. The first-order chi connectivity index (χ1) is 8.58. The summed E-state index contributed by atoms with van der Waals surface area (Å²) >= 11 is 0. The van der Waals surface area contributed by atoms with Gasteiger partial charge in [0.1, 0.15) is 5.69 Å². The molecule has 0 spiro atoms. The molecule has 1 saturated carbocycles. The molecular weight excluding hydrogens is 234 g/mol. The summed E-state index contributed by atoms with van der Waals surface area (Å²) in [5, 5.41) is 22.4. The number of nitrogens with zero attached hydrogens (tertiary/aromatic N) is 1. The van der Waals surface area contributed by atoms with Crippen LogP contribution in [0.15, 0.2) is 34.9 Å². The van der Waals surface area contributed by atoms with E-state index in [2.05, 4.69) is 5.16 Å². The fraction of sp³-hybridized carbons (Fsp3) is 0.231. The van der Waals surface area contributed by atoms with Crippen molar-refractivity contribution >= 4 is 5.97 Å². The zero-order valence-electron chi connectivity index (χ0n) is 9.46. The molecule has 92 valence electrons. The minimum Gasteiger partial charge on any atom is -0.475 e. The molecule has 0 radical (unpaired) electrons. The molecule has 1 aromatic carbocycles. The molecule has 1 aromatic heterocycles. The normalized spacial score (nSPS) is 16.5. The molecule has 1 heterocycles. The Balaban J connectivity index is 1.89. The molecule has 5 heteroatoms. The predicted octanol–water partition coefficient (Wildman–Crippen LogP) is 2.02. The van der Waals surface area contributed by atoms with Crippen molar-refractivity contribution in [1.29, 1.82) is 0 Å². The van der Waals surface area contributed by atoms with E-state index in [1.807, 2.05) is 12.1 Å². The van der Waals surface area contributed by atoms with E-state index in [1.165, 1.54) is 6.07 Å². The third kappa shape index (κ3) is 1.78. The maximum absolute atomic E-state index is 10.7. The quantitative estimate of drug-likeness (QED) is 0.864. The first kappa shape index (κ1) is 11.0. The van der Waals surface area contributed by atoms with Gasteiger partial charge < -0.3 is 14.7 Å². The van der Waals surface area contributed by atoms with Gasteiger partial charge in [-0.05, 0) is 18.4 Å². The number of carbonyl (C=O) groups is 1. The Morgan fingerprint density at radius 1 is 1.28 bits per heavy atom. The van der Waals surface area contributed by atoms with Gasteiger partial charge in [0.15, 0.2) is 0 Å². The maximum Gasteiger partial charge on any atom is 0.374 e. The predicted molar refractivity (Wildman–Crippen MR) is 62.0 cm³/mol. The fourth-order valence-corrected chi connectivity index (χ4v) is 1.87. The van der Waals surface area contributed by atoms with E-state index in [1.54, 1.807) is 12.1 Å². The largest absolute Gasteiger partial charge is 0.475 e. The van der Waals surface area contributed by atoms with Gasteiger partial charge in [0.2, 0.25) is 5.76 Å². The average Bonchev–Trinajstić information content (AvgIpc) is 2.95. The maximum atomic E-state index is 10.7. The molecular formula is C13H11NO4. The van der Waals surface area contributed by atoms with Crippen molar-refractivity contribution in [3.8, 4) is 11.3 Å². The summed E-state index contributed by atoms with van der Waals surface area (Å²) in [6, 6.07) is 8.64. The van der Waals surface area contributed by atoms with Crippen molar-refractivity contribution in [2.24, 2.45) is 0 Å². The molecule has 1 fully saturated rings. The van der Waals surface area contributed by atoms with E-state index in [0.717, 1.165) is 24.0 Å². The van der Waals surface area contributed by atoms with Crippen molar-refractivity contribution in [3.63, 3.8) is 0 Å². The summed E-state index contributed by atoms with van der Waals surface area (Å²) in [5.74, 6) is -1.33. The van der Waals surface area contributed by atoms with E-state index < -0.39 is 11.6 Å². The summed E-state index contributed by atoms with van der Waals surface area (Å²) in [4.78, 5) is 10.7. The first-order valence-electron chi connectivity index (χ1n) is 5.62. The molecule has 0 unspecified atom stereocenters. The van der Waals surface area contributed by atoms with Crippen LogP contribution in [0.1, 0.15) is 29.0 Å². The Morgan fingerprint density at radius 3 is 2.44 bits per heavy atom. The Hall–Kier alpha value is -2.14. The summed E-state index contributed by atoms with van der Waals surface area (Å²) in [5.41, 5.74) is 1.46. The van der Waals surface area contributed by atoms with Crippen molar-refractivity contribution in [1.82, 2.24) is 5.16 Å². The molecule has 2 N–H and O–H groups in total. The zero-order chi connectivity index (χ0) is 12.8. The molecule has 1 aliphatic rings. The second kappa shape index (κ2) is 3.68. The van der Waals surface area contributed by atoms with Crippen LogP contribution in [0.25, 0.3) is 11.3 Å². The van der Waals surface area contributed by atoms with Gasteiger partial charge >= 0.3 is 5.97 Å². The van der Waals surface area contributed by atoms with Crippen LogP contribution in [0.5, 0.6) is 0 Å². The Labute approximate surface area is 103 Å². The number of hydrogen-bond acceptors (Lipinski definition) is 4. The van der Waals surface area contributed by atoms with Crippen LogP contribution in [-0.2, 0) is 5.60 Å². The number of rotatable bonds is 3. The van der Waals surface area contributed by atoms with E-state index >= 15 is 0 Å². The highest BCUT2D eigenvalue weighted by Crippen LogP contribution is 2.45. The number of carboxylic acids is 1. The van der Waals surface area contributed by atoms with Gasteiger partial charge in [0.05, 0.1) is 5.60 Å². The van der Waals surface area contributed by atoms with Gasteiger partial charge in [0.25, 0.3) is 0 Å². The van der Waals surface area contributed by atoms with Crippen molar-refractivity contribution in [3.05, 3.63) is 41.7 Å². The van der Waals surface area contributed by atoms with Crippen LogP contribution in [0.4, 0.5) is 0 Å². The molecule has 3 rings (SSSR count). The second-order valence-electron chi connectivity index (χ2n) is 4.49. The standard InChI is InChI=1S/C13H11NO4/c15-12(16)11-7-10(14-18-11)8-1-3-9(4-2-8)13(17)5-6-13/h1-4,7,17H,5-6H2,(H,15,16). The van der Waals surface area contributed by atoms with Gasteiger partial charge in [-0.2, -0.15) is 0 Å². The molecule has 0 atom stereocenters. The van der Waals surface area contributed by atoms with Crippen LogP contribution < -0.4 is 0 Å². The number of aliphatic hydroxyl groups is 1. The van der Waals surface area contributed by atoms with E-state index in [-0.39, 0.29) is 5.76 Å². The highest BCUT2D eigenvalue weighted by atomic mass is 16.5. The highest BCUT2D eigenvalue weighted by molar-refractivity contribution is 5.85. The summed E-state index contributed by atoms with van der Waals surface area (Å²) < 4.78 is 4.69. The van der Waals surface area contributed by atoms with E-state index in [0.29, 0.717) is 5.69 Å². The number of hydrogen-bond donors (Lipinski definition) is 2. The second-order valence-corrected chi connectivity index (χ2v) is 4.49. The zero-order valence-corrected chi connectivity index (χ0v) is 9.46. The number of carboxylic acid groups (broad SMARTS) is 1. The van der Waals surface area contributed by atoms with E-state index in [4.69, 9.17) is 9.63 Å². The molecule has 0 bridgehead atoms.